The predicted molar refractivity (Wildman–Crippen MR) is 78.1 cm³/mol. The Kier molecular flexibility index (Phi) is 6.11. The van der Waals surface area contributed by atoms with E-state index in [1.807, 2.05) is 0 Å². The van der Waals surface area contributed by atoms with E-state index in [2.05, 4.69) is 22.0 Å². The highest BCUT2D eigenvalue weighted by molar-refractivity contribution is 5.76. The molecule has 4 heteroatoms. The molecule has 1 amide bonds. The van der Waals surface area contributed by atoms with Crippen molar-refractivity contribution in [1.29, 1.82) is 0 Å². The molecule has 110 valence electrons. The highest BCUT2D eigenvalue weighted by atomic mass is 16.2. The molecule has 0 radical (unpaired) electrons. The van der Waals surface area contributed by atoms with Gasteiger partial charge < -0.3 is 15.1 Å². The maximum atomic E-state index is 12.0. The Hall–Kier alpha value is -0.610. The van der Waals surface area contributed by atoms with E-state index in [0.29, 0.717) is 5.91 Å². The largest absolute Gasteiger partial charge is 0.343 e. The van der Waals surface area contributed by atoms with Crippen LogP contribution in [0.4, 0.5) is 0 Å². The molecule has 2 heterocycles. The number of hydrogen-bond acceptors (Lipinski definition) is 3. The van der Waals surface area contributed by atoms with Crippen molar-refractivity contribution in [3.05, 3.63) is 0 Å². The third kappa shape index (κ3) is 4.77. The first kappa shape index (κ1) is 14.8. The lowest BCUT2D eigenvalue weighted by Gasteiger charge is -2.36. The van der Waals surface area contributed by atoms with Gasteiger partial charge in [-0.05, 0) is 25.2 Å². The summed E-state index contributed by atoms with van der Waals surface area (Å²) in [5, 5.41) is 3.40. The number of piperidine rings is 1. The van der Waals surface area contributed by atoms with Gasteiger partial charge in [-0.1, -0.05) is 13.3 Å². The summed E-state index contributed by atoms with van der Waals surface area (Å²) >= 11 is 0. The molecule has 2 aliphatic heterocycles. The van der Waals surface area contributed by atoms with E-state index < -0.39 is 0 Å². The molecule has 2 fully saturated rings. The SMILES string of the molecule is CCCCC(=O)N1CCC(CN2CCNCC2)CC1. The highest BCUT2D eigenvalue weighted by Crippen LogP contribution is 2.19. The predicted octanol–water partition coefficient (Wildman–Crippen LogP) is 1.32. The summed E-state index contributed by atoms with van der Waals surface area (Å²) in [6.45, 7) is 10.00. The van der Waals surface area contributed by atoms with E-state index >= 15 is 0 Å². The van der Waals surface area contributed by atoms with Gasteiger partial charge in [-0.25, -0.2) is 0 Å². The number of amides is 1. The topological polar surface area (TPSA) is 35.6 Å². The van der Waals surface area contributed by atoms with Crippen LogP contribution in [0.1, 0.15) is 39.0 Å². The average Bonchev–Trinajstić information content (AvgIpc) is 2.46. The Labute approximate surface area is 117 Å². The monoisotopic (exact) mass is 267 g/mol. The van der Waals surface area contributed by atoms with Crippen LogP contribution >= 0.6 is 0 Å². The van der Waals surface area contributed by atoms with Gasteiger partial charge in [0, 0.05) is 52.2 Å². The molecule has 0 atom stereocenters. The van der Waals surface area contributed by atoms with Gasteiger partial charge in [-0.15, -0.1) is 0 Å². The first-order valence-corrected chi connectivity index (χ1v) is 8.00. The summed E-state index contributed by atoms with van der Waals surface area (Å²) in [6, 6.07) is 0. The lowest BCUT2D eigenvalue weighted by atomic mass is 9.95. The fourth-order valence-electron chi connectivity index (χ4n) is 3.11. The van der Waals surface area contributed by atoms with E-state index in [9.17, 15) is 4.79 Å². The third-order valence-corrected chi connectivity index (χ3v) is 4.44. The van der Waals surface area contributed by atoms with Gasteiger partial charge in [-0.3, -0.25) is 4.79 Å². The zero-order chi connectivity index (χ0) is 13.5. The van der Waals surface area contributed by atoms with Crippen LogP contribution < -0.4 is 5.32 Å². The van der Waals surface area contributed by atoms with Gasteiger partial charge in [0.15, 0.2) is 0 Å². The van der Waals surface area contributed by atoms with Crippen molar-refractivity contribution in [2.24, 2.45) is 5.92 Å². The maximum Gasteiger partial charge on any atom is 0.222 e. The molecular weight excluding hydrogens is 238 g/mol. The molecule has 0 aromatic rings. The van der Waals surface area contributed by atoms with Crippen LogP contribution in [-0.4, -0.2) is 61.5 Å². The third-order valence-electron chi connectivity index (χ3n) is 4.44. The summed E-state index contributed by atoms with van der Waals surface area (Å²) in [5.41, 5.74) is 0. The van der Waals surface area contributed by atoms with Gasteiger partial charge in [0.1, 0.15) is 0 Å². The molecule has 0 bridgehead atoms. The number of carbonyl (C=O) groups is 1. The summed E-state index contributed by atoms with van der Waals surface area (Å²) in [6.07, 6.45) is 5.30. The van der Waals surface area contributed by atoms with Crippen LogP contribution in [0.2, 0.25) is 0 Å². The van der Waals surface area contributed by atoms with Crippen LogP contribution in [-0.2, 0) is 4.79 Å². The van der Waals surface area contributed by atoms with E-state index in [0.717, 1.165) is 51.4 Å². The molecular formula is C15H29N3O. The maximum absolute atomic E-state index is 12.0. The molecule has 0 spiro atoms. The Morgan fingerprint density at radius 1 is 1.16 bits per heavy atom. The quantitative estimate of drug-likeness (QED) is 0.816. The fourth-order valence-corrected chi connectivity index (χ4v) is 3.11. The second-order valence-electron chi connectivity index (χ2n) is 5.98. The number of likely N-dealkylation sites (tertiary alicyclic amines) is 1. The van der Waals surface area contributed by atoms with Crippen molar-refractivity contribution >= 4 is 5.91 Å². The van der Waals surface area contributed by atoms with Gasteiger partial charge in [-0.2, -0.15) is 0 Å². The highest BCUT2D eigenvalue weighted by Gasteiger charge is 2.24. The summed E-state index contributed by atoms with van der Waals surface area (Å²) in [4.78, 5) is 16.6. The second kappa shape index (κ2) is 7.85. The standard InChI is InChI=1S/C15H29N3O/c1-2-3-4-15(19)18-9-5-14(6-10-18)13-17-11-7-16-8-12-17/h14,16H,2-13H2,1H3. The van der Waals surface area contributed by atoms with Crippen molar-refractivity contribution in [3.63, 3.8) is 0 Å². The van der Waals surface area contributed by atoms with Gasteiger partial charge >= 0.3 is 0 Å². The second-order valence-corrected chi connectivity index (χ2v) is 5.98. The zero-order valence-electron chi connectivity index (χ0n) is 12.4. The number of rotatable bonds is 5. The summed E-state index contributed by atoms with van der Waals surface area (Å²) < 4.78 is 0. The molecule has 0 aromatic carbocycles. The van der Waals surface area contributed by atoms with Crippen molar-refractivity contribution in [2.75, 3.05) is 45.8 Å². The fraction of sp³-hybridized carbons (Fsp3) is 0.933. The minimum Gasteiger partial charge on any atom is -0.343 e. The number of carbonyl (C=O) groups excluding carboxylic acids is 1. The molecule has 4 nitrogen and oxygen atoms in total. The van der Waals surface area contributed by atoms with Crippen LogP contribution in [0, 0.1) is 5.92 Å². The Balaban J connectivity index is 1.65. The lowest BCUT2D eigenvalue weighted by Crippen LogP contribution is -2.47. The van der Waals surface area contributed by atoms with E-state index in [1.165, 1.54) is 32.5 Å². The molecule has 2 aliphatic rings. The normalized spacial score (nSPS) is 22.7. The molecule has 1 N–H and O–H groups in total. The van der Waals surface area contributed by atoms with Crippen LogP contribution in [0.25, 0.3) is 0 Å². The average molecular weight is 267 g/mol. The zero-order valence-corrected chi connectivity index (χ0v) is 12.4. The van der Waals surface area contributed by atoms with Gasteiger partial charge in [0.05, 0.1) is 0 Å². The van der Waals surface area contributed by atoms with Gasteiger partial charge in [0.2, 0.25) is 5.91 Å². The van der Waals surface area contributed by atoms with Crippen molar-refractivity contribution in [3.8, 4) is 0 Å². The Morgan fingerprint density at radius 3 is 2.47 bits per heavy atom. The van der Waals surface area contributed by atoms with Crippen LogP contribution in [0.15, 0.2) is 0 Å². The Bertz CT molecular complexity index is 269. The van der Waals surface area contributed by atoms with E-state index in [4.69, 9.17) is 0 Å². The van der Waals surface area contributed by atoms with Crippen molar-refractivity contribution < 1.29 is 4.79 Å². The van der Waals surface area contributed by atoms with Crippen molar-refractivity contribution in [1.82, 2.24) is 15.1 Å². The first-order chi connectivity index (χ1) is 9.29. The molecule has 0 aromatic heterocycles. The molecule has 0 saturated carbocycles. The minimum absolute atomic E-state index is 0.377. The number of unbranched alkanes of at least 4 members (excludes halogenated alkanes) is 1. The lowest BCUT2D eigenvalue weighted by molar-refractivity contribution is -0.132. The molecule has 0 unspecified atom stereocenters. The number of piperazine rings is 1. The molecule has 19 heavy (non-hydrogen) atoms. The summed E-state index contributed by atoms with van der Waals surface area (Å²) in [5.74, 6) is 1.18. The summed E-state index contributed by atoms with van der Waals surface area (Å²) in [7, 11) is 0. The molecule has 0 aliphatic carbocycles. The van der Waals surface area contributed by atoms with Crippen LogP contribution in [0.3, 0.4) is 0 Å². The number of nitrogens with one attached hydrogen (secondary N) is 1. The first-order valence-electron chi connectivity index (χ1n) is 8.00. The molecule has 2 rings (SSSR count). The van der Waals surface area contributed by atoms with Crippen LogP contribution in [0.5, 0.6) is 0 Å². The van der Waals surface area contributed by atoms with Crippen molar-refractivity contribution in [2.45, 2.75) is 39.0 Å². The molecule has 2 saturated heterocycles. The number of nitrogens with zero attached hydrogens (tertiary/aromatic N) is 2. The van der Waals surface area contributed by atoms with Gasteiger partial charge in [0.25, 0.3) is 0 Å². The van der Waals surface area contributed by atoms with E-state index in [1.54, 1.807) is 0 Å². The van der Waals surface area contributed by atoms with E-state index in [-0.39, 0.29) is 0 Å². The minimum atomic E-state index is 0.377. The number of hydrogen-bond donors (Lipinski definition) is 1. The Morgan fingerprint density at radius 2 is 1.84 bits per heavy atom. The smallest absolute Gasteiger partial charge is 0.222 e.